The van der Waals surface area contributed by atoms with Gasteiger partial charge < -0.3 is 20.7 Å². The SMILES string of the molecule is CC(C)c1ccnc(-c2nc3nc(C(N)=NC(=O)O)nc(NC(C)C4CCC4)c3n2CC2CCC(C)(C)CC2)c1. The third-order valence-electron chi connectivity index (χ3n) is 8.85. The largest absolute Gasteiger partial charge is 0.463 e. The van der Waals surface area contributed by atoms with E-state index in [2.05, 4.69) is 60.5 Å². The van der Waals surface area contributed by atoms with Crippen LogP contribution in [0.2, 0.25) is 0 Å². The maximum Gasteiger partial charge on any atom is 0.433 e. The lowest BCUT2D eigenvalue weighted by Gasteiger charge is -2.35. The van der Waals surface area contributed by atoms with E-state index in [4.69, 9.17) is 20.7 Å². The summed E-state index contributed by atoms with van der Waals surface area (Å²) in [6.45, 7) is 12.0. The van der Waals surface area contributed by atoms with Crippen molar-refractivity contribution in [2.24, 2.45) is 28.0 Å². The summed E-state index contributed by atoms with van der Waals surface area (Å²) in [6.07, 6.45) is 8.69. The topological polar surface area (TPSA) is 144 Å². The van der Waals surface area contributed by atoms with Crippen molar-refractivity contribution in [1.82, 2.24) is 24.5 Å². The van der Waals surface area contributed by atoms with Gasteiger partial charge in [-0.3, -0.25) is 4.98 Å². The molecular weight excluding hydrogens is 504 g/mol. The summed E-state index contributed by atoms with van der Waals surface area (Å²) in [5.74, 6) is 2.54. The highest BCUT2D eigenvalue weighted by molar-refractivity contribution is 6.01. The van der Waals surface area contributed by atoms with Gasteiger partial charge in [0, 0.05) is 18.8 Å². The van der Waals surface area contributed by atoms with E-state index in [0.717, 1.165) is 36.4 Å². The Morgan fingerprint density at radius 1 is 1.18 bits per heavy atom. The van der Waals surface area contributed by atoms with E-state index >= 15 is 0 Å². The Morgan fingerprint density at radius 2 is 1.90 bits per heavy atom. The molecule has 2 saturated carbocycles. The van der Waals surface area contributed by atoms with Crippen LogP contribution in [0, 0.1) is 17.3 Å². The number of pyridine rings is 1. The molecule has 3 aromatic heterocycles. The Balaban J connectivity index is 1.67. The van der Waals surface area contributed by atoms with Crippen molar-refractivity contribution in [2.75, 3.05) is 5.32 Å². The van der Waals surface area contributed by atoms with E-state index in [1.54, 1.807) is 0 Å². The molecular formula is C30H42N8O2. The Morgan fingerprint density at radius 3 is 2.52 bits per heavy atom. The molecule has 0 bridgehead atoms. The van der Waals surface area contributed by atoms with E-state index < -0.39 is 6.09 Å². The van der Waals surface area contributed by atoms with Crippen LogP contribution < -0.4 is 11.1 Å². The Bertz CT molecular complexity index is 1410. The number of aliphatic imine (C=N–C) groups is 1. The zero-order valence-corrected chi connectivity index (χ0v) is 24.3. The molecule has 1 amide bonds. The number of nitrogens with two attached hydrogens (primary N) is 1. The maximum atomic E-state index is 11.3. The number of hydrogen-bond donors (Lipinski definition) is 3. The first kappa shape index (κ1) is 28.0. The number of carboxylic acid groups (broad SMARTS) is 1. The summed E-state index contributed by atoms with van der Waals surface area (Å²) in [5, 5.41) is 12.8. The summed E-state index contributed by atoms with van der Waals surface area (Å²) in [7, 11) is 0. The number of nitrogens with zero attached hydrogens (tertiary/aromatic N) is 6. The Hall–Kier alpha value is -3.56. The van der Waals surface area contributed by atoms with Gasteiger partial charge in [0.1, 0.15) is 11.2 Å². The van der Waals surface area contributed by atoms with Gasteiger partial charge in [-0.05, 0) is 86.3 Å². The van der Waals surface area contributed by atoms with Gasteiger partial charge in [0.05, 0.1) is 0 Å². The molecule has 10 nitrogen and oxygen atoms in total. The summed E-state index contributed by atoms with van der Waals surface area (Å²) in [6, 6.07) is 4.32. The number of nitrogens with one attached hydrogen (secondary N) is 1. The third kappa shape index (κ3) is 5.95. The number of aromatic nitrogens is 5. The molecule has 3 aromatic rings. The van der Waals surface area contributed by atoms with Crippen LogP contribution in [0.15, 0.2) is 23.3 Å². The molecule has 4 N–H and O–H groups in total. The van der Waals surface area contributed by atoms with Crippen molar-refractivity contribution in [3.05, 3.63) is 29.7 Å². The average molecular weight is 547 g/mol. The van der Waals surface area contributed by atoms with Gasteiger partial charge in [-0.15, -0.1) is 0 Å². The van der Waals surface area contributed by atoms with E-state index in [1.807, 2.05) is 12.3 Å². The van der Waals surface area contributed by atoms with Crippen LogP contribution in [-0.4, -0.2) is 47.6 Å². The number of anilines is 1. The van der Waals surface area contributed by atoms with Crippen molar-refractivity contribution in [1.29, 1.82) is 0 Å². The summed E-state index contributed by atoms with van der Waals surface area (Å²) in [5.41, 5.74) is 9.63. The minimum atomic E-state index is -1.39. The van der Waals surface area contributed by atoms with Crippen molar-refractivity contribution in [3.63, 3.8) is 0 Å². The highest BCUT2D eigenvalue weighted by Crippen LogP contribution is 2.40. The van der Waals surface area contributed by atoms with Crippen LogP contribution in [0.5, 0.6) is 0 Å². The first-order valence-corrected chi connectivity index (χ1v) is 14.6. The van der Waals surface area contributed by atoms with Gasteiger partial charge in [-0.1, -0.05) is 34.1 Å². The molecule has 0 aliphatic heterocycles. The van der Waals surface area contributed by atoms with Crippen molar-refractivity contribution in [3.8, 4) is 11.5 Å². The number of amides is 1. The number of amidine groups is 1. The molecule has 2 fully saturated rings. The molecule has 0 aromatic carbocycles. The van der Waals surface area contributed by atoms with Crippen LogP contribution in [-0.2, 0) is 6.54 Å². The first-order chi connectivity index (χ1) is 19.0. The standard InChI is InChI=1S/C30H42N8O2/c1-17(2)21-11-14-32-22(15-21)28-37-26-23(38(28)16-19-9-12-30(4,5)13-10-19)25(33-18(3)20-7-6-8-20)35-27(36-26)24(31)34-29(39)40/h11,14-15,17-20H,6-10,12-13,16H2,1-5H3,(H2,31,34)(H,39,40)(H,33,35,36). The quantitative estimate of drug-likeness (QED) is 0.223. The maximum absolute atomic E-state index is 11.3. The molecule has 2 aliphatic carbocycles. The lowest BCUT2D eigenvalue weighted by atomic mass is 9.73. The van der Waals surface area contributed by atoms with Crippen LogP contribution >= 0.6 is 0 Å². The molecule has 40 heavy (non-hydrogen) atoms. The molecule has 1 atom stereocenters. The number of carbonyl (C=O) groups is 1. The van der Waals surface area contributed by atoms with E-state index in [9.17, 15) is 9.90 Å². The summed E-state index contributed by atoms with van der Waals surface area (Å²) >= 11 is 0. The fourth-order valence-corrected chi connectivity index (χ4v) is 5.88. The van der Waals surface area contributed by atoms with Gasteiger partial charge in [0.15, 0.2) is 28.9 Å². The lowest BCUT2D eigenvalue weighted by molar-refractivity contribution is 0.180. The molecule has 2 aliphatic rings. The van der Waals surface area contributed by atoms with Gasteiger partial charge >= 0.3 is 6.09 Å². The number of fused-ring (bicyclic) bond motifs is 1. The van der Waals surface area contributed by atoms with E-state index in [1.165, 1.54) is 37.7 Å². The van der Waals surface area contributed by atoms with Crippen LogP contribution in [0.3, 0.4) is 0 Å². The summed E-state index contributed by atoms with van der Waals surface area (Å²) in [4.78, 5) is 33.8. The predicted molar refractivity (Wildman–Crippen MR) is 158 cm³/mol. The van der Waals surface area contributed by atoms with E-state index in [0.29, 0.717) is 34.6 Å². The first-order valence-electron chi connectivity index (χ1n) is 14.6. The van der Waals surface area contributed by atoms with Gasteiger partial charge in [-0.2, -0.15) is 4.99 Å². The second-order valence-electron chi connectivity index (χ2n) is 12.8. The highest BCUT2D eigenvalue weighted by Gasteiger charge is 2.31. The minimum absolute atomic E-state index is 0.0534. The monoisotopic (exact) mass is 546 g/mol. The van der Waals surface area contributed by atoms with Gasteiger partial charge in [-0.25, -0.2) is 19.7 Å². The summed E-state index contributed by atoms with van der Waals surface area (Å²) < 4.78 is 2.23. The Labute approximate surface area is 235 Å². The number of rotatable bonds is 8. The molecule has 214 valence electrons. The smallest absolute Gasteiger partial charge is 0.433 e. The fraction of sp³-hybridized carbons (Fsp3) is 0.600. The molecule has 0 spiro atoms. The van der Waals surface area contributed by atoms with Crippen molar-refractivity contribution < 1.29 is 9.90 Å². The molecule has 10 heteroatoms. The fourth-order valence-electron chi connectivity index (χ4n) is 5.88. The van der Waals surface area contributed by atoms with Crippen molar-refractivity contribution in [2.45, 2.75) is 98.1 Å². The zero-order chi connectivity index (χ0) is 28.6. The van der Waals surface area contributed by atoms with Crippen LogP contribution in [0.25, 0.3) is 22.7 Å². The van der Waals surface area contributed by atoms with E-state index in [-0.39, 0.29) is 17.7 Å². The van der Waals surface area contributed by atoms with Crippen molar-refractivity contribution >= 4 is 28.9 Å². The van der Waals surface area contributed by atoms with Crippen LogP contribution in [0.1, 0.15) is 96.9 Å². The third-order valence-corrected chi connectivity index (χ3v) is 8.85. The average Bonchev–Trinajstić information content (AvgIpc) is 3.22. The Kier molecular flexibility index (Phi) is 7.79. The molecule has 3 heterocycles. The zero-order valence-electron chi connectivity index (χ0n) is 24.3. The minimum Gasteiger partial charge on any atom is -0.463 e. The second kappa shape index (κ2) is 11.1. The number of hydrogen-bond acceptors (Lipinski definition) is 6. The molecule has 0 saturated heterocycles. The second-order valence-corrected chi connectivity index (χ2v) is 12.8. The highest BCUT2D eigenvalue weighted by atomic mass is 16.4. The molecule has 5 rings (SSSR count). The predicted octanol–water partition coefficient (Wildman–Crippen LogP) is 6.21. The van der Waals surface area contributed by atoms with Crippen LogP contribution in [0.4, 0.5) is 10.6 Å². The normalized spacial score (nSPS) is 19.1. The lowest BCUT2D eigenvalue weighted by Crippen LogP contribution is -2.32. The molecule has 0 radical (unpaired) electrons. The number of imidazole rings is 1. The molecule has 1 unspecified atom stereocenters. The van der Waals surface area contributed by atoms with Gasteiger partial charge in [0.2, 0.25) is 0 Å². The van der Waals surface area contributed by atoms with Gasteiger partial charge in [0.25, 0.3) is 0 Å².